The average Bonchev–Trinajstić information content (AvgIpc) is 3.01. The number of hydrogen-bond acceptors (Lipinski definition) is 2. The molecule has 1 aliphatic heterocycles. The Morgan fingerprint density at radius 2 is 2.16 bits per heavy atom. The summed E-state index contributed by atoms with van der Waals surface area (Å²) in [6, 6.07) is 9.23. The van der Waals surface area contributed by atoms with E-state index in [1.54, 1.807) is 0 Å². The van der Waals surface area contributed by atoms with E-state index in [1.165, 1.54) is 36.1 Å². The van der Waals surface area contributed by atoms with E-state index in [0.29, 0.717) is 6.04 Å². The lowest BCUT2D eigenvalue weighted by Gasteiger charge is -2.24. The minimum atomic E-state index is 0.535. The molecular formula is C16H21N3. The molecule has 0 amide bonds. The van der Waals surface area contributed by atoms with Crippen LogP contribution in [-0.4, -0.2) is 21.2 Å². The van der Waals surface area contributed by atoms with Crippen molar-refractivity contribution in [1.82, 2.24) is 14.7 Å². The first-order valence-corrected chi connectivity index (χ1v) is 7.01. The van der Waals surface area contributed by atoms with Crippen LogP contribution < -0.4 is 0 Å². The van der Waals surface area contributed by atoms with Gasteiger partial charge in [-0.2, -0.15) is 5.10 Å². The van der Waals surface area contributed by atoms with Crippen molar-refractivity contribution in [3.8, 4) is 0 Å². The van der Waals surface area contributed by atoms with Crippen LogP contribution >= 0.6 is 0 Å². The number of aryl methyl sites for hydroxylation is 2. The largest absolute Gasteiger partial charge is 0.292 e. The molecule has 3 nitrogen and oxygen atoms in total. The zero-order valence-electron chi connectivity index (χ0n) is 11.7. The molecule has 0 saturated carbocycles. The number of aromatic nitrogens is 2. The second-order valence-electron chi connectivity index (χ2n) is 5.50. The Hall–Kier alpha value is -1.61. The van der Waals surface area contributed by atoms with E-state index in [-0.39, 0.29) is 0 Å². The van der Waals surface area contributed by atoms with Crippen LogP contribution in [0.25, 0.3) is 0 Å². The fourth-order valence-electron chi connectivity index (χ4n) is 3.01. The van der Waals surface area contributed by atoms with Crippen molar-refractivity contribution in [2.45, 2.75) is 32.4 Å². The Kier molecular flexibility index (Phi) is 3.38. The molecule has 100 valence electrons. The molecule has 19 heavy (non-hydrogen) atoms. The van der Waals surface area contributed by atoms with E-state index < -0.39 is 0 Å². The normalized spacial score (nSPS) is 20.0. The van der Waals surface area contributed by atoms with E-state index in [2.05, 4.69) is 47.4 Å². The van der Waals surface area contributed by atoms with Crippen LogP contribution in [0.5, 0.6) is 0 Å². The maximum Gasteiger partial charge on any atom is 0.0537 e. The predicted octanol–water partition coefficient (Wildman–Crippen LogP) is 3.07. The first-order chi connectivity index (χ1) is 9.24. The van der Waals surface area contributed by atoms with Crippen molar-refractivity contribution >= 4 is 0 Å². The van der Waals surface area contributed by atoms with E-state index >= 15 is 0 Å². The summed E-state index contributed by atoms with van der Waals surface area (Å²) in [6.07, 6.45) is 6.70. The highest BCUT2D eigenvalue weighted by molar-refractivity contribution is 5.26. The average molecular weight is 255 g/mol. The van der Waals surface area contributed by atoms with Gasteiger partial charge >= 0.3 is 0 Å². The molecule has 3 heteroatoms. The smallest absolute Gasteiger partial charge is 0.0537 e. The molecule has 1 saturated heterocycles. The van der Waals surface area contributed by atoms with Crippen LogP contribution in [0.3, 0.4) is 0 Å². The Balaban J connectivity index is 1.79. The van der Waals surface area contributed by atoms with Crippen LogP contribution in [0.4, 0.5) is 0 Å². The summed E-state index contributed by atoms with van der Waals surface area (Å²) in [5.74, 6) is 0. The Bertz CT molecular complexity index is 559. The second kappa shape index (κ2) is 5.17. The van der Waals surface area contributed by atoms with Gasteiger partial charge in [-0.15, -0.1) is 0 Å². The third-order valence-electron chi connectivity index (χ3n) is 4.11. The summed E-state index contributed by atoms with van der Waals surface area (Å²) in [5.41, 5.74) is 4.19. The summed E-state index contributed by atoms with van der Waals surface area (Å²) >= 11 is 0. The molecule has 1 fully saturated rings. The van der Waals surface area contributed by atoms with Gasteiger partial charge in [0.05, 0.1) is 6.20 Å². The van der Waals surface area contributed by atoms with Gasteiger partial charge in [-0.05, 0) is 37.4 Å². The topological polar surface area (TPSA) is 21.1 Å². The number of hydrogen-bond donors (Lipinski definition) is 0. The molecule has 0 N–H and O–H groups in total. The van der Waals surface area contributed by atoms with Crippen LogP contribution in [0.2, 0.25) is 0 Å². The molecule has 1 aromatic carbocycles. The first kappa shape index (κ1) is 12.4. The molecular weight excluding hydrogens is 234 g/mol. The molecule has 2 aromatic rings. The van der Waals surface area contributed by atoms with E-state index in [0.717, 1.165) is 6.54 Å². The van der Waals surface area contributed by atoms with Crippen molar-refractivity contribution < 1.29 is 0 Å². The van der Waals surface area contributed by atoms with Crippen LogP contribution in [0, 0.1) is 6.92 Å². The van der Waals surface area contributed by atoms with Crippen LogP contribution in [0.15, 0.2) is 36.7 Å². The highest BCUT2D eigenvalue weighted by Crippen LogP contribution is 2.33. The van der Waals surface area contributed by atoms with Crippen molar-refractivity contribution in [3.63, 3.8) is 0 Å². The van der Waals surface area contributed by atoms with Crippen LogP contribution in [-0.2, 0) is 13.6 Å². The molecule has 0 bridgehead atoms. The van der Waals surface area contributed by atoms with Gasteiger partial charge in [-0.1, -0.05) is 24.3 Å². The Morgan fingerprint density at radius 3 is 2.89 bits per heavy atom. The summed E-state index contributed by atoms with van der Waals surface area (Å²) in [5, 5.41) is 4.31. The monoisotopic (exact) mass is 255 g/mol. The van der Waals surface area contributed by atoms with Crippen LogP contribution in [0.1, 0.15) is 35.6 Å². The lowest BCUT2D eigenvalue weighted by atomic mass is 10.1. The molecule has 2 heterocycles. The standard InChI is InChI=1S/C16H21N3/c1-13-6-3-4-7-14(13)12-19-9-5-8-16(19)15-10-17-18(2)11-15/h3-4,6-7,10-11,16H,5,8-9,12H2,1-2H3/t16-/m1/s1. The summed E-state index contributed by atoms with van der Waals surface area (Å²) in [4.78, 5) is 2.58. The summed E-state index contributed by atoms with van der Waals surface area (Å²) in [6.45, 7) is 4.44. The molecule has 3 rings (SSSR count). The lowest BCUT2D eigenvalue weighted by Crippen LogP contribution is -2.22. The predicted molar refractivity (Wildman–Crippen MR) is 76.8 cm³/mol. The number of nitrogens with zero attached hydrogens (tertiary/aromatic N) is 3. The maximum atomic E-state index is 4.31. The third kappa shape index (κ3) is 2.56. The molecule has 1 aromatic heterocycles. The van der Waals surface area contributed by atoms with Crippen molar-refractivity contribution in [1.29, 1.82) is 0 Å². The van der Waals surface area contributed by atoms with Gasteiger partial charge in [0.15, 0.2) is 0 Å². The van der Waals surface area contributed by atoms with E-state index in [4.69, 9.17) is 0 Å². The minimum Gasteiger partial charge on any atom is -0.292 e. The fraction of sp³-hybridized carbons (Fsp3) is 0.438. The van der Waals surface area contributed by atoms with Gasteiger partial charge in [0.2, 0.25) is 0 Å². The highest BCUT2D eigenvalue weighted by Gasteiger charge is 2.27. The Labute approximate surface area is 114 Å². The third-order valence-corrected chi connectivity index (χ3v) is 4.11. The fourth-order valence-corrected chi connectivity index (χ4v) is 3.01. The number of benzene rings is 1. The zero-order valence-corrected chi connectivity index (χ0v) is 11.7. The van der Waals surface area contributed by atoms with Gasteiger partial charge in [-0.25, -0.2) is 0 Å². The van der Waals surface area contributed by atoms with Gasteiger partial charge < -0.3 is 0 Å². The zero-order chi connectivity index (χ0) is 13.2. The quantitative estimate of drug-likeness (QED) is 0.840. The lowest BCUT2D eigenvalue weighted by molar-refractivity contribution is 0.248. The second-order valence-corrected chi connectivity index (χ2v) is 5.50. The summed E-state index contributed by atoms with van der Waals surface area (Å²) < 4.78 is 1.90. The molecule has 0 spiro atoms. The first-order valence-electron chi connectivity index (χ1n) is 7.01. The summed E-state index contributed by atoms with van der Waals surface area (Å²) in [7, 11) is 1.99. The maximum absolute atomic E-state index is 4.31. The van der Waals surface area contributed by atoms with Crippen molar-refractivity contribution in [2.24, 2.45) is 7.05 Å². The molecule has 1 atom stereocenters. The van der Waals surface area contributed by atoms with Crippen molar-refractivity contribution in [3.05, 3.63) is 53.3 Å². The van der Waals surface area contributed by atoms with E-state index in [1.807, 2.05) is 17.9 Å². The van der Waals surface area contributed by atoms with Crippen molar-refractivity contribution in [2.75, 3.05) is 6.54 Å². The van der Waals surface area contributed by atoms with Gasteiger partial charge in [0, 0.05) is 31.4 Å². The number of likely N-dealkylation sites (tertiary alicyclic amines) is 1. The van der Waals surface area contributed by atoms with Gasteiger partial charge in [0.25, 0.3) is 0 Å². The highest BCUT2D eigenvalue weighted by atomic mass is 15.3. The molecule has 0 aliphatic carbocycles. The molecule has 0 unspecified atom stereocenters. The van der Waals surface area contributed by atoms with Gasteiger partial charge in [0.1, 0.15) is 0 Å². The Morgan fingerprint density at radius 1 is 1.32 bits per heavy atom. The SMILES string of the molecule is Cc1ccccc1CN1CCC[C@@H]1c1cnn(C)c1. The minimum absolute atomic E-state index is 0.535. The number of rotatable bonds is 3. The van der Waals surface area contributed by atoms with Gasteiger partial charge in [-0.3, -0.25) is 9.58 Å². The molecule has 0 radical (unpaired) electrons. The molecule has 1 aliphatic rings. The van der Waals surface area contributed by atoms with E-state index in [9.17, 15) is 0 Å².